The quantitative estimate of drug-likeness (QED) is 0.539. The number of nitrogens with one attached hydrogen (secondary N) is 1. The lowest BCUT2D eigenvalue weighted by molar-refractivity contribution is -0.145. The number of likely N-dealkylation sites (N-methyl/N-ethyl adjacent to an activating group) is 1. The van der Waals surface area contributed by atoms with E-state index in [1.807, 2.05) is 13.8 Å². The van der Waals surface area contributed by atoms with Crippen LogP contribution in [0.3, 0.4) is 0 Å². The van der Waals surface area contributed by atoms with E-state index in [0.717, 1.165) is 28.8 Å². The summed E-state index contributed by atoms with van der Waals surface area (Å²) < 4.78 is 5.20. The summed E-state index contributed by atoms with van der Waals surface area (Å²) in [4.78, 5) is 15.7. The number of aliphatic carboxylic acids is 1. The number of hydrogen-bond acceptors (Lipinski definition) is 6. The molecule has 1 aromatic rings. The van der Waals surface area contributed by atoms with Gasteiger partial charge >= 0.3 is 5.97 Å². The normalized spacial score (nSPS) is 14.3. The first-order chi connectivity index (χ1) is 9.07. The molecule has 0 spiro atoms. The highest BCUT2D eigenvalue weighted by molar-refractivity contribution is 8.00. The minimum Gasteiger partial charge on any atom is -0.480 e. The van der Waals surface area contributed by atoms with Gasteiger partial charge in [0.25, 0.3) is 0 Å². The summed E-state index contributed by atoms with van der Waals surface area (Å²) in [5.74, 6) is 0.984. The van der Waals surface area contributed by atoms with Crippen LogP contribution < -0.4 is 5.32 Å². The van der Waals surface area contributed by atoms with Crippen LogP contribution in [0.1, 0.15) is 38.9 Å². The van der Waals surface area contributed by atoms with Crippen molar-refractivity contribution in [1.82, 2.24) is 14.7 Å². The maximum absolute atomic E-state index is 11.3. The van der Waals surface area contributed by atoms with E-state index < -0.39 is 11.5 Å². The van der Waals surface area contributed by atoms with Crippen LogP contribution >= 0.6 is 23.3 Å². The second-order valence-electron chi connectivity index (χ2n) is 4.27. The number of aryl methyl sites for hydroxylation is 1. The molecule has 0 aromatic carbocycles. The summed E-state index contributed by atoms with van der Waals surface area (Å²) in [7, 11) is 1.71. The van der Waals surface area contributed by atoms with E-state index in [0.29, 0.717) is 12.8 Å². The van der Waals surface area contributed by atoms with Crippen molar-refractivity contribution in [3.63, 3.8) is 0 Å². The van der Waals surface area contributed by atoms with E-state index in [-0.39, 0.29) is 0 Å². The fourth-order valence-corrected chi connectivity index (χ4v) is 3.52. The first-order valence-corrected chi connectivity index (χ1v) is 8.21. The van der Waals surface area contributed by atoms with E-state index >= 15 is 0 Å². The molecule has 0 saturated carbocycles. The predicted octanol–water partition coefficient (Wildman–Crippen LogP) is 2.43. The number of thioether (sulfide) groups is 1. The average Bonchev–Trinajstić information content (AvgIpc) is 2.87. The van der Waals surface area contributed by atoms with Gasteiger partial charge in [0.2, 0.25) is 0 Å². The lowest BCUT2D eigenvalue weighted by Crippen LogP contribution is -2.49. The highest BCUT2D eigenvalue weighted by Gasteiger charge is 2.33. The van der Waals surface area contributed by atoms with Crippen molar-refractivity contribution in [3.8, 4) is 0 Å². The standard InChI is InChI=1S/C12H21N3O2S2/c1-4-9-14-11(19-15-9)18-8-6-7-12(5-2,13-3)10(16)17/h13H,4-8H2,1-3H3,(H,16,17). The third-order valence-corrected chi connectivity index (χ3v) is 5.19. The predicted molar refractivity (Wildman–Crippen MR) is 79.0 cm³/mol. The van der Waals surface area contributed by atoms with Crippen molar-refractivity contribution in [1.29, 1.82) is 0 Å². The highest BCUT2D eigenvalue weighted by Crippen LogP contribution is 2.24. The Morgan fingerprint density at radius 2 is 2.26 bits per heavy atom. The number of aromatic nitrogens is 2. The SMILES string of the molecule is CCc1nsc(SCCCC(CC)(NC)C(=O)O)n1. The molecule has 108 valence electrons. The van der Waals surface area contributed by atoms with E-state index in [9.17, 15) is 9.90 Å². The van der Waals surface area contributed by atoms with Gasteiger partial charge in [-0.25, -0.2) is 4.98 Å². The van der Waals surface area contributed by atoms with Gasteiger partial charge in [0.15, 0.2) is 4.34 Å². The molecule has 0 aliphatic carbocycles. The third-order valence-electron chi connectivity index (χ3n) is 3.23. The number of carbonyl (C=O) groups is 1. The summed E-state index contributed by atoms with van der Waals surface area (Å²) in [6.07, 6.45) is 2.91. The Labute approximate surface area is 122 Å². The molecule has 1 heterocycles. The van der Waals surface area contributed by atoms with Gasteiger partial charge in [-0.05, 0) is 37.8 Å². The second-order valence-corrected chi connectivity index (χ2v) is 6.37. The molecule has 2 N–H and O–H groups in total. The zero-order valence-electron chi connectivity index (χ0n) is 11.6. The summed E-state index contributed by atoms with van der Waals surface area (Å²) in [5.41, 5.74) is -0.795. The molecule has 1 unspecified atom stereocenters. The maximum Gasteiger partial charge on any atom is 0.323 e. The molecular formula is C12H21N3O2S2. The largest absolute Gasteiger partial charge is 0.480 e. The van der Waals surface area contributed by atoms with Gasteiger partial charge in [-0.2, -0.15) is 4.37 Å². The Morgan fingerprint density at radius 1 is 1.53 bits per heavy atom. The Hall–Kier alpha value is -0.660. The molecule has 0 aliphatic rings. The number of hydrogen-bond donors (Lipinski definition) is 2. The Balaban J connectivity index is 2.38. The van der Waals surface area contributed by atoms with Gasteiger partial charge in [0.05, 0.1) is 0 Å². The highest BCUT2D eigenvalue weighted by atomic mass is 32.2. The monoisotopic (exact) mass is 303 g/mol. The van der Waals surface area contributed by atoms with Crippen LogP contribution in [0.15, 0.2) is 4.34 Å². The van der Waals surface area contributed by atoms with Gasteiger partial charge in [0, 0.05) is 12.2 Å². The smallest absolute Gasteiger partial charge is 0.323 e. The number of carboxylic acid groups (broad SMARTS) is 1. The van der Waals surface area contributed by atoms with E-state index in [4.69, 9.17) is 0 Å². The van der Waals surface area contributed by atoms with Gasteiger partial charge in [0.1, 0.15) is 11.4 Å². The topological polar surface area (TPSA) is 75.1 Å². The minimum absolute atomic E-state index is 0.586. The molecule has 5 nitrogen and oxygen atoms in total. The van der Waals surface area contributed by atoms with E-state index in [2.05, 4.69) is 14.7 Å². The zero-order valence-corrected chi connectivity index (χ0v) is 13.2. The Kier molecular flexibility index (Phi) is 6.74. The molecule has 0 radical (unpaired) electrons. The molecule has 7 heteroatoms. The molecule has 19 heavy (non-hydrogen) atoms. The summed E-state index contributed by atoms with van der Waals surface area (Å²) in [6, 6.07) is 0. The second kappa shape index (κ2) is 7.81. The minimum atomic E-state index is -0.795. The first-order valence-electron chi connectivity index (χ1n) is 6.45. The molecule has 1 atom stereocenters. The number of rotatable bonds is 9. The number of nitrogens with zero attached hydrogens (tertiary/aromatic N) is 2. The van der Waals surface area contributed by atoms with Gasteiger partial charge in [-0.1, -0.05) is 25.6 Å². The molecular weight excluding hydrogens is 282 g/mol. The maximum atomic E-state index is 11.3. The van der Waals surface area contributed by atoms with Crippen LogP contribution in [0.4, 0.5) is 0 Å². The van der Waals surface area contributed by atoms with Crippen molar-refractivity contribution < 1.29 is 9.90 Å². The van der Waals surface area contributed by atoms with Gasteiger partial charge in [-0.3, -0.25) is 4.79 Å². The lowest BCUT2D eigenvalue weighted by Gasteiger charge is -2.27. The van der Waals surface area contributed by atoms with Crippen molar-refractivity contribution in [3.05, 3.63) is 5.82 Å². The first kappa shape index (κ1) is 16.4. The van der Waals surface area contributed by atoms with E-state index in [1.165, 1.54) is 11.5 Å². The van der Waals surface area contributed by atoms with E-state index in [1.54, 1.807) is 18.8 Å². The Morgan fingerprint density at radius 3 is 2.74 bits per heavy atom. The molecule has 0 amide bonds. The molecule has 1 rings (SSSR count). The Bertz CT molecular complexity index is 405. The summed E-state index contributed by atoms with van der Waals surface area (Å²) >= 11 is 3.07. The third kappa shape index (κ3) is 4.43. The average molecular weight is 303 g/mol. The summed E-state index contributed by atoms with van der Waals surface area (Å²) in [6.45, 7) is 3.93. The van der Waals surface area contributed by atoms with Crippen LogP contribution in [0, 0.1) is 0 Å². The fraction of sp³-hybridized carbons (Fsp3) is 0.750. The summed E-state index contributed by atoms with van der Waals surface area (Å²) in [5, 5.41) is 12.2. The zero-order chi connectivity index (χ0) is 14.3. The van der Waals surface area contributed by atoms with Crippen molar-refractivity contribution in [2.75, 3.05) is 12.8 Å². The molecule has 0 saturated heterocycles. The van der Waals surface area contributed by atoms with Gasteiger partial charge < -0.3 is 10.4 Å². The van der Waals surface area contributed by atoms with Crippen LogP contribution in [-0.4, -0.2) is 38.8 Å². The molecule has 0 bridgehead atoms. The van der Waals surface area contributed by atoms with Gasteiger partial charge in [-0.15, -0.1) is 0 Å². The molecule has 0 fully saturated rings. The fourth-order valence-electron chi connectivity index (χ4n) is 1.82. The van der Waals surface area contributed by atoms with Crippen LogP contribution in [0.25, 0.3) is 0 Å². The van der Waals surface area contributed by atoms with Crippen molar-refractivity contribution in [2.24, 2.45) is 0 Å². The molecule has 0 aliphatic heterocycles. The van der Waals surface area contributed by atoms with Crippen molar-refractivity contribution >= 4 is 29.3 Å². The van der Waals surface area contributed by atoms with Crippen LogP contribution in [0.2, 0.25) is 0 Å². The van der Waals surface area contributed by atoms with Crippen molar-refractivity contribution in [2.45, 2.75) is 49.4 Å². The van der Waals surface area contributed by atoms with Crippen LogP contribution in [0.5, 0.6) is 0 Å². The molecule has 1 aromatic heterocycles. The number of carboxylic acids is 1. The van der Waals surface area contributed by atoms with Crippen LogP contribution in [-0.2, 0) is 11.2 Å². The lowest BCUT2D eigenvalue weighted by atomic mass is 9.91.